The van der Waals surface area contributed by atoms with Crippen molar-refractivity contribution < 1.29 is 24.0 Å². The molecule has 0 heterocycles. The highest BCUT2D eigenvalue weighted by Crippen LogP contribution is 2.29. The van der Waals surface area contributed by atoms with Gasteiger partial charge in [-0.2, -0.15) is 0 Å². The summed E-state index contributed by atoms with van der Waals surface area (Å²) in [6, 6.07) is 10.8. The Balaban J connectivity index is 1.96. The van der Waals surface area contributed by atoms with E-state index in [1.807, 2.05) is 26.1 Å². The molecule has 2 amide bonds. The van der Waals surface area contributed by atoms with Crippen LogP contribution in [0.2, 0.25) is 0 Å². The van der Waals surface area contributed by atoms with Crippen LogP contribution in [0.5, 0.6) is 11.5 Å². The molecule has 0 aliphatic carbocycles. The number of amides is 2. The average molecular weight is 400 g/mol. The van der Waals surface area contributed by atoms with Gasteiger partial charge in [0.2, 0.25) is 0 Å². The molecule has 156 valence electrons. The SMILES string of the molecule is COc1cc(C)c(C[NH+](C)CC(=O)Nc2ccc(C(=O)N(C)C)cc2)cc1OC. The van der Waals surface area contributed by atoms with Crippen molar-refractivity contribution in [3.05, 3.63) is 53.1 Å². The van der Waals surface area contributed by atoms with E-state index in [0.29, 0.717) is 35.8 Å². The van der Waals surface area contributed by atoms with E-state index in [1.165, 1.54) is 4.90 Å². The molecule has 1 unspecified atom stereocenters. The van der Waals surface area contributed by atoms with Crippen molar-refractivity contribution in [1.82, 2.24) is 4.90 Å². The monoisotopic (exact) mass is 400 g/mol. The van der Waals surface area contributed by atoms with Gasteiger partial charge in [0.15, 0.2) is 18.0 Å². The summed E-state index contributed by atoms with van der Waals surface area (Å²) in [5, 5.41) is 2.88. The second kappa shape index (κ2) is 9.93. The predicted molar refractivity (Wildman–Crippen MR) is 113 cm³/mol. The van der Waals surface area contributed by atoms with Crippen LogP contribution >= 0.6 is 0 Å². The Morgan fingerprint density at radius 1 is 1.03 bits per heavy atom. The number of anilines is 1. The quantitative estimate of drug-likeness (QED) is 0.702. The zero-order chi connectivity index (χ0) is 21.6. The van der Waals surface area contributed by atoms with E-state index in [4.69, 9.17) is 9.47 Å². The van der Waals surface area contributed by atoms with Crippen LogP contribution in [0.15, 0.2) is 36.4 Å². The lowest BCUT2D eigenvalue weighted by atomic mass is 10.1. The first-order chi connectivity index (χ1) is 13.7. The number of carbonyl (C=O) groups excluding carboxylic acids is 2. The van der Waals surface area contributed by atoms with E-state index in [9.17, 15) is 9.59 Å². The molecule has 29 heavy (non-hydrogen) atoms. The molecule has 2 rings (SSSR count). The third-order valence-corrected chi connectivity index (χ3v) is 4.62. The number of hydrogen-bond donors (Lipinski definition) is 2. The summed E-state index contributed by atoms with van der Waals surface area (Å²) in [5.74, 6) is 1.21. The second-order valence-corrected chi connectivity index (χ2v) is 7.27. The van der Waals surface area contributed by atoms with Crippen LogP contribution in [0.4, 0.5) is 5.69 Å². The fourth-order valence-corrected chi connectivity index (χ4v) is 3.03. The number of quaternary nitrogens is 1. The number of aryl methyl sites for hydroxylation is 1. The summed E-state index contributed by atoms with van der Waals surface area (Å²) >= 11 is 0. The Labute approximate surface area is 172 Å². The summed E-state index contributed by atoms with van der Waals surface area (Å²) < 4.78 is 10.7. The molecule has 2 aromatic carbocycles. The van der Waals surface area contributed by atoms with Crippen molar-refractivity contribution in [3.63, 3.8) is 0 Å². The molecule has 0 aliphatic rings. The molecule has 2 N–H and O–H groups in total. The largest absolute Gasteiger partial charge is 0.493 e. The molecule has 7 heteroatoms. The lowest BCUT2D eigenvalue weighted by Crippen LogP contribution is -3.08. The zero-order valence-corrected chi connectivity index (χ0v) is 18.0. The van der Waals surface area contributed by atoms with E-state index in [1.54, 1.807) is 52.6 Å². The van der Waals surface area contributed by atoms with Crippen LogP contribution in [0.3, 0.4) is 0 Å². The minimum absolute atomic E-state index is 0.0719. The van der Waals surface area contributed by atoms with Gasteiger partial charge in [0.05, 0.1) is 21.3 Å². The number of likely N-dealkylation sites (N-methyl/N-ethyl adjacent to an activating group) is 1. The van der Waals surface area contributed by atoms with Crippen LogP contribution < -0.4 is 19.7 Å². The Morgan fingerprint density at radius 3 is 2.17 bits per heavy atom. The molecule has 0 saturated heterocycles. The summed E-state index contributed by atoms with van der Waals surface area (Å²) in [6.45, 7) is 3.00. The first-order valence-electron chi connectivity index (χ1n) is 9.39. The fraction of sp³-hybridized carbons (Fsp3) is 0.364. The van der Waals surface area contributed by atoms with Crippen molar-refractivity contribution in [2.75, 3.05) is 47.2 Å². The van der Waals surface area contributed by atoms with E-state index in [-0.39, 0.29) is 11.8 Å². The minimum Gasteiger partial charge on any atom is -0.493 e. The Bertz CT molecular complexity index is 863. The molecule has 0 bridgehead atoms. The number of nitrogens with zero attached hydrogens (tertiary/aromatic N) is 1. The normalized spacial score (nSPS) is 11.5. The lowest BCUT2D eigenvalue weighted by Gasteiger charge is -2.17. The highest BCUT2D eigenvalue weighted by atomic mass is 16.5. The molecule has 7 nitrogen and oxygen atoms in total. The van der Waals surface area contributed by atoms with Crippen molar-refractivity contribution >= 4 is 17.5 Å². The minimum atomic E-state index is -0.0904. The number of rotatable bonds is 8. The van der Waals surface area contributed by atoms with Crippen LogP contribution in [-0.4, -0.2) is 58.6 Å². The Kier molecular flexibility index (Phi) is 7.61. The van der Waals surface area contributed by atoms with Gasteiger partial charge in [-0.15, -0.1) is 0 Å². The number of ether oxygens (including phenoxy) is 2. The molecular formula is C22H30N3O4+. The summed E-state index contributed by atoms with van der Waals surface area (Å²) in [6.07, 6.45) is 0. The van der Waals surface area contributed by atoms with Crippen LogP contribution in [0.1, 0.15) is 21.5 Å². The summed E-state index contributed by atoms with van der Waals surface area (Å²) in [5.41, 5.74) is 3.43. The first kappa shape index (κ1) is 22.2. The number of methoxy groups -OCH3 is 2. The van der Waals surface area contributed by atoms with Crippen molar-refractivity contribution in [3.8, 4) is 11.5 Å². The van der Waals surface area contributed by atoms with Gasteiger partial charge in [-0.1, -0.05) is 0 Å². The molecule has 0 saturated carbocycles. The van der Waals surface area contributed by atoms with E-state index >= 15 is 0 Å². The number of benzene rings is 2. The topological polar surface area (TPSA) is 72.3 Å². The van der Waals surface area contributed by atoms with Crippen LogP contribution in [0.25, 0.3) is 0 Å². The molecular weight excluding hydrogens is 370 g/mol. The van der Waals surface area contributed by atoms with E-state index in [0.717, 1.165) is 16.0 Å². The lowest BCUT2D eigenvalue weighted by molar-refractivity contribution is -0.885. The maximum Gasteiger partial charge on any atom is 0.279 e. The molecule has 0 radical (unpaired) electrons. The summed E-state index contributed by atoms with van der Waals surface area (Å²) in [4.78, 5) is 26.9. The van der Waals surface area contributed by atoms with Gasteiger partial charge in [-0.3, -0.25) is 9.59 Å². The maximum absolute atomic E-state index is 12.4. The van der Waals surface area contributed by atoms with E-state index in [2.05, 4.69) is 5.32 Å². The fourth-order valence-electron chi connectivity index (χ4n) is 3.03. The molecule has 0 fully saturated rings. The smallest absolute Gasteiger partial charge is 0.279 e. The Hall–Kier alpha value is -3.06. The Morgan fingerprint density at radius 2 is 1.62 bits per heavy atom. The highest BCUT2D eigenvalue weighted by Gasteiger charge is 2.15. The zero-order valence-electron chi connectivity index (χ0n) is 18.0. The molecule has 0 aromatic heterocycles. The van der Waals surface area contributed by atoms with Gasteiger partial charge in [-0.25, -0.2) is 0 Å². The molecule has 0 spiro atoms. The third kappa shape index (κ3) is 5.96. The molecule has 0 aliphatic heterocycles. The van der Waals surface area contributed by atoms with Crippen LogP contribution in [0, 0.1) is 6.92 Å². The maximum atomic E-state index is 12.4. The van der Waals surface area contributed by atoms with Crippen molar-refractivity contribution in [1.29, 1.82) is 0 Å². The average Bonchev–Trinajstić information content (AvgIpc) is 2.68. The third-order valence-electron chi connectivity index (χ3n) is 4.62. The van der Waals surface area contributed by atoms with Crippen molar-refractivity contribution in [2.24, 2.45) is 0 Å². The van der Waals surface area contributed by atoms with Crippen molar-refractivity contribution in [2.45, 2.75) is 13.5 Å². The van der Waals surface area contributed by atoms with Gasteiger partial charge in [0.1, 0.15) is 6.54 Å². The summed E-state index contributed by atoms with van der Waals surface area (Å²) in [7, 11) is 8.60. The van der Waals surface area contributed by atoms with E-state index < -0.39 is 0 Å². The second-order valence-electron chi connectivity index (χ2n) is 7.27. The predicted octanol–water partition coefficient (Wildman–Crippen LogP) is 1.37. The van der Waals surface area contributed by atoms with Gasteiger partial charge >= 0.3 is 0 Å². The molecule has 2 aromatic rings. The number of hydrogen-bond acceptors (Lipinski definition) is 4. The van der Waals surface area contributed by atoms with Crippen LogP contribution in [-0.2, 0) is 11.3 Å². The van der Waals surface area contributed by atoms with Gasteiger partial charge in [0, 0.05) is 30.9 Å². The standard InChI is InChI=1S/C22H29N3O4/c1-15-11-19(28-5)20(29-6)12-17(15)13-25(4)14-21(26)23-18-9-7-16(8-10-18)22(27)24(2)3/h7-12H,13-14H2,1-6H3,(H,23,26)/p+1. The first-order valence-corrected chi connectivity index (χ1v) is 9.39. The highest BCUT2D eigenvalue weighted by molar-refractivity contribution is 5.95. The van der Waals surface area contributed by atoms with Gasteiger partial charge in [-0.05, 0) is 48.9 Å². The molecule has 1 atom stereocenters. The van der Waals surface area contributed by atoms with Gasteiger partial charge < -0.3 is 24.6 Å². The number of nitrogens with one attached hydrogen (secondary N) is 2. The van der Waals surface area contributed by atoms with Gasteiger partial charge in [0.25, 0.3) is 11.8 Å². The number of carbonyl (C=O) groups is 2.